The molecule has 2 N–H and O–H groups in total. The minimum atomic E-state index is -0.590. The van der Waals surface area contributed by atoms with Gasteiger partial charge in [-0.3, -0.25) is 10.1 Å². The van der Waals surface area contributed by atoms with E-state index in [-0.39, 0.29) is 23.9 Å². The van der Waals surface area contributed by atoms with Gasteiger partial charge in [0, 0.05) is 18.7 Å². The Morgan fingerprint density at radius 1 is 1.72 bits per heavy atom. The topological polar surface area (TPSA) is 112 Å². The first kappa shape index (κ1) is 13.9. The van der Waals surface area contributed by atoms with Crippen LogP contribution in [0.1, 0.15) is 25.3 Å². The number of aromatic nitrogens is 1. The average molecular weight is 250 g/mol. The first-order valence-electron chi connectivity index (χ1n) is 5.50. The highest BCUT2D eigenvalue weighted by molar-refractivity contribution is 5.55. The van der Waals surface area contributed by atoms with Crippen LogP contribution in [0.2, 0.25) is 0 Å². The molecule has 0 aromatic carbocycles. The molecule has 7 nitrogen and oxygen atoms in total. The van der Waals surface area contributed by atoms with Crippen LogP contribution in [0.25, 0.3) is 0 Å². The fraction of sp³-hybridized carbons (Fsp3) is 0.455. The molecule has 1 aromatic heterocycles. The molecule has 0 fully saturated rings. The van der Waals surface area contributed by atoms with E-state index in [0.717, 1.165) is 12.6 Å². The highest BCUT2D eigenvalue weighted by Crippen LogP contribution is 2.19. The Bertz CT molecular complexity index is 470. The molecule has 0 radical (unpaired) electrons. The summed E-state index contributed by atoms with van der Waals surface area (Å²) in [7, 11) is 0. The molecule has 0 aliphatic heterocycles. The van der Waals surface area contributed by atoms with Crippen molar-refractivity contribution < 1.29 is 10.0 Å². The predicted octanol–water partition coefficient (Wildman–Crippen LogP) is 1.43. The number of aliphatic hydroxyl groups excluding tert-OH is 1. The lowest BCUT2D eigenvalue weighted by atomic mass is 10.1. The highest BCUT2D eigenvalue weighted by atomic mass is 16.6. The van der Waals surface area contributed by atoms with Crippen LogP contribution in [0, 0.1) is 21.4 Å². The Hall–Kier alpha value is -2.20. The van der Waals surface area contributed by atoms with E-state index < -0.39 is 4.92 Å². The van der Waals surface area contributed by atoms with Gasteiger partial charge in [0.1, 0.15) is 23.6 Å². The van der Waals surface area contributed by atoms with Crippen LogP contribution in [0.3, 0.4) is 0 Å². The van der Waals surface area contributed by atoms with Crippen molar-refractivity contribution in [1.29, 1.82) is 5.26 Å². The molecule has 7 heteroatoms. The fourth-order valence-corrected chi connectivity index (χ4v) is 1.46. The Morgan fingerprint density at radius 2 is 2.44 bits per heavy atom. The third kappa shape index (κ3) is 3.68. The third-order valence-electron chi connectivity index (χ3n) is 2.38. The van der Waals surface area contributed by atoms with Crippen molar-refractivity contribution in [1.82, 2.24) is 4.98 Å². The van der Waals surface area contributed by atoms with E-state index in [0.29, 0.717) is 12.2 Å². The van der Waals surface area contributed by atoms with Crippen LogP contribution < -0.4 is 5.32 Å². The summed E-state index contributed by atoms with van der Waals surface area (Å²) < 4.78 is 0. The minimum Gasteiger partial charge on any atom is -0.396 e. The molecule has 1 unspecified atom stereocenters. The molecule has 1 atom stereocenters. The molecule has 96 valence electrons. The van der Waals surface area contributed by atoms with Gasteiger partial charge in [0.2, 0.25) is 0 Å². The Balaban J connectivity index is 2.83. The zero-order chi connectivity index (χ0) is 13.5. The molecule has 0 aliphatic rings. The molecule has 1 heterocycles. The maximum absolute atomic E-state index is 10.6. The minimum absolute atomic E-state index is 0.0261. The van der Waals surface area contributed by atoms with Gasteiger partial charge in [-0.1, -0.05) is 0 Å². The number of pyridine rings is 1. The number of nitriles is 1. The van der Waals surface area contributed by atoms with Crippen molar-refractivity contribution in [2.75, 3.05) is 11.9 Å². The van der Waals surface area contributed by atoms with Crippen molar-refractivity contribution in [2.24, 2.45) is 0 Å². The number of nitrogens with zero attached hydrogens (tertiary/aromatic N) is 3. The first-order chi connectivity index (χ1) is 8.58. The fourth-order valence-electron chi connectivity index (χ4n) is 1.46. The molecule has 1 aromatic rings. The number of aliphatic hydroxyl groups is 1. The number of hydrogen-bond acceptors (Lipinski definition) is 6. The van der Waals surface area contributed by atoms with Gasteiger partial charge >= 0.3 is 0 Å². The summed E-state index contributed by atoms with van der Waals surface area (Å²) in [5, 5.41) is 31.2. The van der Waals surface area contributed by atoms with E-state index >= 15 is 0 Å². The summed E-state index contributed by atoms with van der Waals surface area (Å²) in [5.41, 5.74) is -0.0693. The van der Waals surface area contributed by atoms with Crippen molar-refractivity contribution in [2.45, 2.75) is 25.8 Å². The lowest BCUT2D eigenvalue weighted by Crippen LogP contribution is -2.17. The van der Waals surface area contributed by atoms with Crippen LogP contribution in [-0.2, 0) is 0 Å². The standard InChI is InChI=1S/C11H14N4O3/c1-8(3-2-4-16)14-11-9(6-12)5-10(7-13-11)15(17)18/h5,7-8,16H,2-4H2,1H3,(H,13,14). The number of nitro groups is 1. The van der Waals surface area contributed by atoms with E-state index in [1.165, 1.54) is 6.07 Å². The maximum Gasteiger partial charge on any atom is 0.289 e. The van der Waals surface area contributed by atoms with Crippen molar-refractivity contribution >= 4 is 11.5 Å². The predicted molar refractivity (Wildman–Crippen MR) is 65.0 cm³/mol. The largest absolute Gasteiger partial charge is 0.396 e. The van der Waals surface area contributed by atoms with E-state index in [2.05, 4.69) is 10.3 Å². The molecule has 0 saturated heterocycles. The Labute approximate surface area is 104 Å². The average Bonchev–Trinajstić information content (AvgIpc) is 2.36. The van der Waals surface area contributed by atoms with Gasteiger partial charge in [-0.25, -0.2) is 4.98 Å². The molecule has 0 spiro atoms. The van der Waals surface area contributed by atoms with Crippen LogP contribution in [0.4, 0.5) is 11.5 Å². The van der Waals surface area contributed by atoms with Crippen LogP contribution >= 0.6 is 0 Å². The van der Waals surface area contributed by atoms with Gasteiger partial charge < -0.3 is 10.4 Å². The van der Waals surface area contributed by atoms with E-state index in [4.69, 9.17) is 10.4 Å². The summed E-state index contributed by atoms with van der Waals surface area (Å²) in [6.45, 7) is 1.99. The maximum atomic E-state index is 10.6. The summed E-state index contributed by atoms with van der Waals surface area (Å²) in [4.78, 5) is 13.8. The number of rotatable bonds is 6. The Kier molecular flexibility index (Phi) is 5.02. The summed E-state index contributed by atoms with van der Waals surface area (Å²) in [6, 6.07) is 3.09. The second kappa shape index (κ2) is 6.51. The van der Waals surface area contributed by atoms with Crippen molar-refractivity contribution in [3.05, 3.63) is 27.9 Å². The van der Waals surface area contributed by atoms with Gasteiger partial charge in [0.25, 0.3) is 5.69 Å². The zero-order valence-corrected chi connectivity index (χ0v) is 9.96. The summed E-state index contributed by atoms with van der Waals surface area (Å²) >= 11 is 0. The first-order valence-corrected chi connectivity index (χ1v) is 5.50. The SMILES string of the molecule is CC(CCCO)Nc1ncc([N+](=O)[O-])cc1C#N. The molecular formula is C11H14N4O3. The van der Waals surface area contributed by atoms with Crippen LogP contribution in [0.5, 0.6) is 0 Å². The molecule has 0 aliphatic carbocycles. The number of nitrogens with one attached hydrogen (secondary N) is 1. The molecule has 0 amide bonds. The van der Waals surface area contributed by atoms with Crippen LogP contribution in [-0.4, -0.2) is 27.7 Å². The molecule has 18 heavy (non-hydrogen) atoms. The number of anilines is 1. The van der Waals surface area contributed by atoms with Gasteiger partial charge in [0.05, 0.1) is 4.92 Å². The zero-order valence-electron chi connectivity index (χ0n) is 9.96. The van der Waals surface area contributed by atoms with Crippen molar-refractivity contribution in [3.63, 3.8) is 0 Å². The monoisotopic (exact) mass is 250 g/mol. The van der Waals surface area contributed by atoms with Gasteiger partial charge in [-0.15, -0.1) is 0 Å². The van der Waals surface area contributed by atoms with Gasteiger partial charge in [-0.2, -0.15) is 5.26 Å². The van der Waals surface area contributed by atoms with Crippen molar-refractivity contribution in [3.8, 4) is 6.07 Å². The van der Waals surface area contributed by atoms with E-state index in [1.54, 1.807) is 0 Å². The van der Waals surface area contributed by atoms with Gasteiger partial charge in [0.15, 0.2) is 0 Å². The second-order valence-corrected chi connectivity index (χ2v) is 3.87. The summed E-state index contributed by atoms with van der Waals surface area (Å²) in [5.74, 6) is 0.327. The lowest BCUT2D eigenvalue weighted by molar-refractivity contribution is -0.385. The normalized spacial score (nSPS) is 11.6. The third-order valence-corrected chi connectivity index (χ3v) is 2.38. The summed E-state index contributed by atoms with van der Waals surface area (Å²) in [6.07, 6.45) is 2.48. The molecule has 0 saturated carbocycles. The van der Waals surface area contributed by atoms with Gasteiger partial charge in [-0.05, 0) is 19.8 Å². The van der Waals surface area contributed by atoms with E-state index in [9.17, 15) is 10.1 Å². The van der Waals surface area contributed by atoms with E-state index in [1.807, 2.05) is 13.0 Å². The smallest absolute Gasteiger partial charge is 0.289 e. The molecule has 0 bridgehead atoms. The lowest BCUT2D eigenvalue weighted by Gasteiger charge is -2.14. The highest BCUT2D eigenvalue weighted by Gasteiger charge is 2.13. The quantitative estimate of drug-likeness (QED) is 0.583. The van der Waals surface area contributed by atoms with Crippen LogP contribution in [0.15, 0.2) is 12.3 Å². The molecular weight excluding hydrogens is 236 g/mol. The molecule has 1 rings (SSSR count). The Morgan fingerprint density at radius 3 is 3.00 bits per heavy atom. The second-order valence-electron chi connectivity index (χ2n) is 3.87. The number of hydrogen-bond donors (Lipinski definition) is 2.